The van der Waals surface area contributed by atoms with Gasteiger partial charge >= 0.3 is 16.1 Å². The second kappa shape index (κ2) is 7.45. The molecule has 6 aliphatic rings. The molecule has 1 aromatic carbocycles. The summed E-state index contributed by atoms with van der Waals surface area (Å²) in [7, 11) is -4.45. The van der Waals surface area contributed by atoms with Crippen LogP contribution in [0.3, 0.4) is 0 Å². The zero-order valence-electron chi connectivity index (χ0n) is 17.5. The number of rotatable bonds is 0. The Morgan fingerprint density at radius 2 is 1.00 bits per heavy atom. The lowest BCUT2D eigenvalue weighted by molar-refractivity contribution is 0.0762. The van der Waals surface area contributed by atoms with Gasteiger partial charge in [0.1, 0.15) is 24.4 Å². The largest absolute Gasteiger partial charge is 0.355 e. The van der Waals surface area contributed by atoms with Crippen molar-refractivity contribution in [1.82, 2.24) is 0 Å². The molecule has 0 aromatic heterocycles. The molecule has 0 unspecified atom stereocenters. The van der Waals surface area contributed by atoms with Crippen LogP contribution in [-0.2, 0) is 14.3 Å². The van der Waals surface area contributed by atoms with Crippen LogP contribution in [-0.4, -0.2) is 42.6 Å². The number of hydrogen-bond acceptors (Lipinski definition) is 4. The van der Waals surface area contributed by atoms with Crippen LogP contribution in [0, 0.1) is 11.8 Å². The minimum Gasteiger partial charge on any atom is -0.338 e. The quantitative estimate of drug-likeness (QED) is 0.196. The van der Waals surface area contributed by atoms with Crippen molar-refractivity contribution in [1.29, 1.82) is 0 Å². The summed E-state index contributed by atoms with van der Waals surface area (Å²) in [6, 6.07) is 2.55. The molecule has 8 atom stereocenters. The van der Waals surface area contributed by atoms with E-state index in [0.717, 1.165) is 0 Å². The molecule has 4 nitrogen and oxygen atoms in total. The van der Waals surface area contributed by atoms with Gasteiger partial charge in [-0.2, -0.15) is 8.42 Å². The fourth-order valence-corrected chi connectivity index (χ4v) is 14.6. The molecule has 2 saturated carbocycles. The lowest BCUT2D eigenvalue weighted by Crippen LogP contribution is -2.53. The monoisotopic (exact) mass is 774 g/mol. The maximum atomic E-state index is 12.7. The summed E-state index contributed by atoms with van der Waals surface area (Å²) >= 11 is 83.3. The predicted octanol–water partition coefficient (Wildman–Crippen LogP) is 8.65. The van der Waals surface area contributed by atoms with Gasteiger partial charge in [-0.1, -0.05) is 92.8 Å². The number of fused-ring (bicyclic) bond motifs is 15. The Morgan fingerprint density at radius 1 is 0.632 bits per heavy atom. The van der Waals surface area contributed by atoms with Crippen molar-refractivity contribution in [3.8, 4) is 0 Å². The summed E-state index contributed by atoms with van der Waals surface area (Å²) in [6.07, 6.45) is 0. The van der Waals surface area contributed by atoms with Crippen LogP contribution in [0.4, 0.5) is 0 Å². The Labute approximate surface area is 275 Å². The molecule has 0 radical (unpaired) electrons. The molecule has 7 rings (SSSR count). The van der Waals surface area contributed by atoms with Crippen molar-refractivity contribution in [2.24, 2.45) is 11.8 Å². The van der Waals surface area contributed by atoms with Crippen LogP contribution in [0.2, 0.25) is 0 Å². The molecule has 0 saturated heterocycles. The molecule has 0 N–H and O–H groups in total. The number of carbonyl (C=O) groups is 1. The molecule has 0 spiro atoms. The Hall–Kier alpha value is 1.60. The van der Waals surface area contributed by atoms with E-state index in [1.54, 1.807) is 0 Å². The van der Waals surface area contributed by atoms with E-state index in [1.165, 1.54) is 12.1 Å². The maximum absolute atomic E-state index is 12.7. The van der Waals surface area contributed by atoms with E-state index in [1.807, 2.05) is 0 Å². The lowest BCUT2D eigenvalue weighted by Gasteiger charge is -2.52. The number of hydrogen-bond donors (Lipinski definition) is 0. The summed E-state index contributed by atoms with van der Waals surface area (Å²) < 4.78 is 25.9. The molecule has 1 heterocycles. The maximum Gasteiger partial charge on any atom is 0.355 e. The Morgan fingerprint density at radius 3 is 1.42 bits per heavy atom. The van der Waals surface area contributed by atoms with Crippen molar-refractivity contribution in [2.75, 3.05) is 0 Å². The number of carbonyl (C=O) groups excluding carboxylic acids is 1. The average Bonchev–Trinajstić information content (AvgIpc) is 3.28. The van der Waals surface area contributed by atoms with Gasteiger partial charge in [0.2, 0.25) is 0 Å². The van der Waals surface area contributed by atoms with Crippen molar-refractivity contribution in [3.63, 3.8) is 0 Å². The van der Waals surface area contributed by atoms with E-state index in [9.17, 15) is 13.2 Å². The van der Waals surface area contributed by atoms with Crippen LogP contribution in [0.15, 0.2) is 37.2 Å². The van der Waals surface area contributed by atoms with Gasteiger partial charge in [0.15, 0.2) is 8.67 Å². The standard InChI is InChI=1S/C21H6Cl12O4S/c22-11-13(24)18(28)9-7(16(11,26)20(18,30)31)3-1-5-6(38(35,36)37-15(5)34)2-4(3)8-10(9)19(29)14(25)12(23)17(8,27)21(19,32)33/h1-2,7-10H/t7-,8-,9+,10-,16+,17+,18+,19+/m1/s1. The van der Waals surface area contributed by atoms with Gasteiger partial charge in [-0.15, -0.1) is 46.4 Å². The summed E-state index contributed by atoms with van der Waals surface area (Å²) in [5.74, 6) is -5.15. The Kier molecular flexibility index (Phi) is 5.56. The van der Waals surface area contributed by atoms with E-state index in [2.05, 4.69) is 4.18 Å². The second-order valence-electron chi connectivity index (χ2n) is 10.1. The smallest absolute Gasteiger partial charge is 0.338 e. The first kappa shape index (κ1) is 28.4. The first-order valence-electron chi connectivity index (χ1n) is 10.5. The van der Waals surface area contributed by atoms with E-state index < -0.39 is 72.8 Å². The third-order valence-corrected chi connectivity index (χ3v) is 18.7. The van der Waals surface area contributed by atoms with Crippen molar-refractivity contribution in [3.05, 3.63) is 49.0 Å². The minimum absolute atomic E-state index is 0.125. The van der Waals surface area contributed by atoms with Crippen LogP contribution in [0.1, 0.15) is 33.3 Å². The zero-order chi connectivity index (χ0) is 28.1. The van der Waals surface area contributed by atoms with Gasteiger partial charge in [-0.25, -0.2) is 4.79 Å². The molecule has 5 aliphatic carbocycles. The summed E-state index contributed by atoms with van der Waals surface area (Å²) in [5, 5.41) is -0.529. The molecule has 1 aromatic rings. The highest BCUT2D eigenvalue weighted by atomic mass is 35.5. The SMILES string of the molecule is O=C1OS(=O)(=O)c2cc3c(cc21)[C@@H]1[C@@H]([C@H]2[C@@H]3[C@]3(Cl)C(Cl)=C(Cl)[C@]2(Cl)C3(Cl)Cl)[C@]2(Cl)C(Cl)=C(Cl)[C@]1(Cl)C2(Cl)Cl. The number of benzene rings is 1. The van der Waals surface area contributed by atoms with Gasteiger partial charge in [0, 0.05) is 23.7 Å². The number of halogens is 12. The normalized spacial score (nSPS) is 47.7. The van der Waals surface area contributed by atoms with Crippen molar-refractivity contribution in [2.45, 2.75) is 44.9 Å². The van der Waals surface area contributed by atoms with Crippen LogP contribution >= 0.6 is 139 Å². The van der Waals surface area contributed by atoms with Crippen molar-refractivity contribution < 1.29 is 17.4 Å². The molecular formula is C21H6Cl12O4S. The minimum atomic E-state index is -4.45. The fourth-order valence-electron chi connectivity index (χ4n) is 7.48. The zero-order valence-corrected chi connectivity index (χ0v) is 27.4. The van der Waals surface area contributed by atoms with Gasteiger partial charge in [-0.05, 0) is 23.3 Å². The molecule has 2 fully saturated rings. The second-order valence-corrected chi connectivity index (χ2v) is 18.1. The number of alkyl halides is 8. The van der Waals surface area contributed by atoms with E-state index in [-0.39, 0.29) is 31.3 Å². The molecule has 204 valence electrons. The van der Waals surface area contributed by atoms with Gasteiger partial charge < -0.3 is 4.18 Å². The van der Waals surface area contributed by atoms with E-state index in [4.69, 9.17) is 139 Å². The lowest BCUT2D eigenvalue weighted by atomic mass is 9.57. The summed E-state index contributed by atoms with van der Waals surface area (Å²) in [6.45, 7) is 0. The highest BCUT2D eigenvalue weighted by Crippen LogP contribution is 2.88. The van der Waals surface area contributed by atoms with Gasteiger partial charge in [-0.3, -0.25) is 0 Å². The fraction of sp³-hybridized carbons (Fsp3) is 0.476. The Balaban J connectivity index is 1.67. The first-order valence-corrected chi connectivity index (χ1v) is 16.5. The molecule has 4 bridgehead atoms. The van der Waals surface area contributed by atoms with Gasteiger partial charge in [0.05, 0.1) is 25.7 Å². The molecule has 38 heavy (non-hydrogen) atoms. The molecule has 1 aliphatic heterocycles. The van der Waals surface area contributed by atoms with E-state index in [0.29, 0.717) is 5.56 Å². The van der Waals surface area contributed by atoms with Gasteiger partial charge in [0.25, 0.3) is 0 Å². The third-order valence-electron chi connectivity index (χ3n) is 8.90. The van der Waals surface area contributed by atoms with Crippen LogP contribution in [0.25, 0.3) is 0 Å². The van der Waals surface area contributed by atoms with E-state index >= 15 is 0 Å². The summed E-state index contributed by atoms with van der Waals surface area (Å²) in [5.41, 5.74) is 0.302. The summed E-state index contributed by atoms with van der Waals surface area (Å²) in [4.78, 5) is 4.64. The average molecular weight is 780 g/mol. The highest BCUT2D eigenvalue weighted by Gasteiger charge is 2.91. The number of allylic oxidation sites excluding steroid dienone is 4. The molecule has 17 heteroatoms. The van der Waals surface area contributed by atoms with Crippen LogP contribution in [0.5, 0.6) is 0 Å². The predicted molar refractivity (Wildman–Crippen MR) is 152 cm³/mol. The highest BCUT2D eigenvalue weighted by molar-refractivity contribution is 7.87. The van der Waals surface area contributed by atoms with Crippen LogP contribution < -0.4 is 0 Å². The third kappa shape index (κ3) is 2.41. The molecule has 0 amide bonds. The Bertz CT molecular complexity index is 1640. The van der Waals surface area contributed by atoms with Crippen molar-refractivity contribution >= 4 is 155 Å². The topological polar surface area (TPSA) is 60.4 Å². The molecular weight excluding hydrogens is 774 g/mol. The first-order chi connectivity index (χ1) is 17.2.